The minimum atomic E-state index is -0.154. The van der Waals surface area contributed by atoms with Crippen LogP contribution in [0.2, 0.25) is 0 Å². The fraction of sp³-hybridized carbons (Fsp3) is 0.176. The van der Waals surface area contributed by atoms with Crippen LogP contribution in [-0.2, 0) is 4.79 Å². The van der Waals surface area contributed by atoms with Gasteiger partial charge in [0, 0.05) is 23.1 Å². The van der Waals surface area contributed by atoms with Crippen molar-refractivity contribution in [2.75, 3.05) is 5.32 Å². The number of ketones is 1. The minimum absolute atomic E-state index is 0.0944. The molecule has 4 heteroatoms. The molecule has 21 heavy (non-hydrogen) atoms. The van der Waals surface area contributed by atoms with E-state index >= 15 is 0 Å². The summed E-state index contributed by atoms with van der Waals surface area (Å²) < 4.78 is 0. The second kappa shape index (κ2) is 7.09. The molecule has 1 N–H and O–H groups in total. The lowest BCUT2D eigenvalue weighted by molar-refractivity contribution is -0.114. The van der Waals surface area contributed by atoms with E-state index in [1.165, 1.54) is 18.7 Å². The molecule has 1 unspecified atom stereocenters. The number of benzene rings is 2. The maximum absolute atomic E-state index is 12.3. The first-order chi connectivity index (χ1) is 10.1. The molecule has 3 nitrogen and oxygen atoms in total. The molecule has 0 aliphatic carbocycles. The van der Waals surface area contributed by atoms with Crippen molar-refractivity contribution in [1.82, 2.24) is 0 Å². The van der Waals surface area contributed by atoms with Gasteiger partial charge in [-0.3, -0.25) is 9.59 Å². The molecule has 0 bridgehead atoms. The summed E-state index contributed by atoms with van der Waals surface area (Å²) in [5.74, 6) is 0.0227. The van der Waals surface area contributed by atoms with Crippen molar-refractivity contribution in [2.24, 2.45) is 0 Å². The van der Waals surface area contributed by atoms with Crippen molar-refractivity contribution < 1.29 is 9.59 Å². The summed E-state index contributed by atoms with van der Waals surface area (Å²) in [6, 6.07) is 16.8. The zero-order valence-corrected chi connectivity index (χ0v) is 12.8. The molecule has 1 amide bonds. The Bertz CT molecular complexity index is 623. The fourth-order valence-electron chi connectivity index (χ4n) is 1.91. The Labute approximate surface area is 128 Å². The Kier molecular flexibility index (Phi) is 5.17. The molecule has 108 valence electrons. The predicted octanol–water partition coefficient (Wildman–Crippen LogP) is 4.01. The Hall–Kier alpha value is -2.07. The van der Waals surface area contributed by atoms with E-state index in [0.717, 1.165) is 16.1 Å². The second-order valence-corrected chi connectivity index (χ2v) is 6.11. The molecule has 1 atom stereocenters. The smallest absolute Gasteiger partial charge is 0.221 e. The third-order valence-corrected chi connectivity index (χ3v) is 4.03. The van der Waals surface area contributed by atoms with Crippen molar-refractivity contribution in [1.29, 1.82) is 0 Å². The molecular formula is C17H17NO2S. The van der Waals surface area contributed by atoms with Gasteiger partial charge in [0.2, 0.25) is 5.91 Å². The summed E-state index contributed by atoms with van der Waals surface area (Å²) >= 11 is 1.51. The van der Waals surface area contributed by atoms with Gasteiger partial charge in [0.1, 0.15) is 0 Å². The SMILES string of the molecule is CC(=O)Nc1ccc(SC(C)C(=O)c2ccccc2)cc1. The molecule has 0 aliphatic rings. The van der Waals surface area contributed by atoms with Gasteiger partial charge < -0.3 is 5.32 Å². The van der Waals surface area contributed by atoms with Crippen LogP contribution in [0.5, 0.6) is 0 Å². The molecule has 2 aromatic rings. The normalized spacial score (nSPS) is 11.7. The lowest BCUT2D eigenvalue weighted by Crippen LogP contribution is -2.13. The van der Waals surface area contributed by atoms with E-state index in [2.05, 4.69) is 5.32 Å². The number of hydrogen-bond acceptors (Lipinski definition) is 3. The van der Waals surface area contributed by atoms with Crippen LogP contribution in [0.15, 0.2) is 59.5 Å². The third kappa shape index (κ3) is 4.46. The predicted molar refractivity (Wildman–Crippen MR) is 86.8 cm³/mol. The van der Waals surface area contributed by atoms with Gasteiger partial charge in [-0.1, -0.05) is 30.3 Å². The second-order valence-electron chi connectivity index (χ2n) is 4.70. The van der Waals surface area contributed by atoms with Crippen LogP contribution in [0.25, 0.3) is 0 Å². The summed E-state index contributed by atoms with van der Waals surface area (Å²) in [6.07, 6.45) is 0. The van der Waals surface area contributed by atoms with Gasteiger partial charge in [-0.2, -0.15) is 0 Å². The Morgan fingerprint density at radius 1 is 1.00 bits per heavy atom. The molecule has 0 fully saturated rings. The monoisotopic (exact) mass is 299 g/mol. The van der Waals surface area contributed by atoms with Crippen LogP contribution in [0, 0.1) is 0 Å². The summed E-state index contributed by atoms with van der Waals surface area (Å²) in [4.78, 5) is 24.2. The van der Waals surface area contributed by atoms with Gasteiger partial charge in [0.15, 0.2) is 5.78 Å². The van der Waals surface area contributed by atoms with Crippen LogP contribution in [0.3, 0.4) is 0 Å². The van der Waals surface area contributed by atoms with Gasteiger partial charge in [0.05, 0.1) is 5.25 Å². The topological polar surface area (TPSA) is 46.2 Å². The molecule has 0 heterocycles. The molecule has 0 spiro atoms. The molecule has 0 radical (unpaired) electrons. The quantitative estimate of drug-likeness (QED) is 0.670. The maximum atomic E-state index is 12.3. The number of Topliss-reactive ketones (excluding diaryl/α,β-unsaturated/α-hetero) is 1. The van der Waals surface area contributed by atoms with Crippen molar-refractivity contribution in [3.63, 3.8) is 0 Å². The zero-order chi connectivity index (χ0) is 15.2. The lowest BCUT2D eigenvalue weighted by atomic mass is 10.1. The van der Waals surface area contributed by atoms with Crippen LogP contribution in [0.1, 0.15) is 24.2 Å². The maximum Gasteiger partial charge on any atom is 0.221 e. The number of anilines is 1. The van der Waals surface area contributed by atoms with Crippen LogP contribution in [-0.4, -0.2) is 16.9 Å². The van der Waals surface area contributed by atoms with Gasteiger partial charge in [-0.05, 0) is 31.2 Å². The number of nitrogens with one attached hydrogen (secondary N) is 1. The molecule has 0 aromatic heterocycles. The molecule has 2 rings (SSSR count). The molecule has 0 aliphatic heterocycles. The van der Waals surface area contributed by atoms with Gasteiger partial charge >= 0.3 is 0 Å². The zero-order valence-electron chi connectivity index (χ0n) is 12.0. The highest BCUT2D eigenvalue weighted by Gasteiger charge is 2.16. The number of amides is 1. The lowest BCUT2D eigenvalue weighted by Gasteiger charge is -2.11. The summed E-state index contributed by atoms with van der Waals surface area (Å²) in [6.45, 7) is 3.38. The van der Waals surface area contributed by atoms with Gasteiger partial charge in [-0.15, -0.1) is 11.8 Å². The van der Waals surface area contributed by atoms with Crippen LogP contribution in [0.4, 0.5) is 5.69 Å². The number of rotatable bonds is 5. The third-order valence-electron chi connectivity index (χ3n) is 2.92. The van der Waals surface area contributed by atoms with Crippen molar-refractivity contribution in [3.05, 3.63) is 60.2 Å². The molecule has 2 aromatic carbocycles. The highest BCUT2D eigenvalue weighted by molar-refractivity contribution is 8.00. The van der Waals surface area contributed by atoms with Crippen molar-refractivity contribution in [3.8, 4) is 0 Å². The Morgan fingerprint density at radius 2 is 1.62 bits per heavy atom. The highest BCUT2D eigenvalue weighted by Crippen LogP contribution is 2.26. The van der Waals surface area contributed by atoms with E-state index in [0.29, 0.717) is 0 Å². The van der Waals surface area contributed by atoms with Gasteiger partial charge in [0.25, 0.3) is 0 Å². The van der Waals surface area contributed by atoms with Crippen molar-refractivity contribution in [2.45, 2.75) is 24.0 Å². The Balaban J connectivity index is 2.01. The van der Waals surface area contributed by atoms with E-state index in [1.807, 2.05) is 61.5 Å². The van der Waals surface area contributed by atoms with E-state index in [1.54, 1.807) is 0 Å². The van der Waals surface area contributed by atoms with Gasteiger partial charge in [-0.25, -0.2) is 0 Å². The highest BCUT2D eigenvalue weighted by atomic mass is 32.2. The molecular weight excluding hydrogens is 282 g/mol. The van der Waals surface area contributed by atoms with Crippen molar-refractivity contribution >= 4 is 29.1 Å². The number of carbonyl (C=O) groups is 2. The van der Waals surface area contributed by atoms with E-state index in [4.69, 9.17) is 0 Å². The van der Waals surface area contributed by atoms with E-state index < -0.39 is 0 Å². The first kappa shape index (κ1) is 15.3. The Morgan fingerprint density at radius 3 is 2.19 bits per heavy atom. The number of carbonyl (C=O) groups excluding carboxylic acids is 2. The first-order valence-electron chi connectivity index (χ1n) is 6.70. The summed E-state index contributed by atoms with van der Waals surface area (Å²) in [5, 5.41) is 2.57. The molecule has 0 saturated carbocycles. The van der Waals surface area contributed by atoms with E-state index in [-0.39, 0.29) is 16.9 Å². The summed E-state index contributed by atoms with van der Waals surface area (Å²) in [5.41, 5.74) is 1.49. The van der Waals surface area contributed by atoms with Crippen LogP contribution >= 0.6 is 11.8 Å². The standard InChI is InChI=1S/C17H17NO2S/c1-12(17(20)14-6-4-3-5-7-14)21-16-10-8-15(9-11-16)18-13(2)19/h3-12H,1-2H3,(H,18,19). The van der Waals surface area contributed by atoms with E-state index in [9.17, 15) is 9.59 Å². The minimum Gasteiger partial charge on any atom is -0.326 e. The number of hydrogen-bond donors (Lipinski definition) is 1. The fourth-order valence-corrected chi connectivity index (χ4v) is 2.86. The number of thioether (sulfide) groups is 1. The average molecular weight is 299 g/mol. The molecule has 0 saturated heterocycles. The largest absolute Gasteiger partial charge is 0.326 e. The van der Waals surface area contributed by atoms with Crippen LogP contribution < -0.4 is 5.32 Å². The first-order valence-corrected chi connectivity index (χ1v) is 7.58. The average Bonchev–Trinajstić information content (AvgIpc) is 2.49. The summed E-state index contributed by atoms with van der Waals surface area (Å²) in [7, 11) is 0.